The van der Waals surface area contributed by atoms with Gasteiger partial charge in [0.25, 0.3) is 0 Å². The Kier molecular flexibility index (Phi) is 6.80. The molecule has 0 radical (unpaired) electrons. The van der Waals surface area contributed by atoms with E-state index in [9.17, 15) is 4.39 Å². The third-order valence-corrected chi connectivity index (χ3v) is 5.85. The van der Waals surface area contributed by atoms with Crippen LogP contribution in [0, 0.1) is 11.7 Å². The fourth-order valence-electron chi connectivity index (χ4n) is 4.08. The molecule has 0 aliphatic carbocycles. The lowest BCUT2D eigenvalue weighted by Gasteiger charge is -2.24. The van der Waals surface area contributed by atoms with E-state index in [4.69, 9.17) is 14.2 Å². The Morgan fingerprint density at radius 2 is 1.69 bits per heavy atom. The molecule has 2 saturated heterocycles. The van der Waals surface area contributed by atoms with Gasteiger partial charge in [0.2, 0.25) is 0 Å². The Hall–Kier alpha value is -1.95. The van der Waals surface area contributed by atoms with E-state index in [0.29, 0.717) is 44.8 Å². The van der Waals surface area contributed by atoms with E-state index in [1.165, 1.54) is 37.6 Å². The predicted molar refractivity (Wildman–Crippen MR) is 112 cm³/mol. The molecule has 5 heteroatoms. The van der Waals surface area contributed by atoms with Crippen LogP contribution in [-0.2, 0) is 9.47 Å². The maximum Gasteiger partial charge on any atom is 0.127 e. The molecule has 2 aliphatic heterocycles. The van der Waals surface area contributed by atoms with E-state index in [1.807, 2.05) is 6.07 Å². The molecule has 0 saturated carbocycles. The largest absolute Gasteiger partial charge is 0.493 e. The first-order valence-corrected chi connectivity index (χ1v) is 10.6. The first-order valence-electron chi connectivity index (χ1n) is 10.6. The first kappa shape index (κ1) is 20.3. The first-order chi connectivity index (χ1) is 14.2. The summed E-state index contributed by atoms with van der Waals surface area (Å²) < 4.78 is 31.1. The lowest BCUT2D eigenvalue weighted by molar-refractivity contribution is 0.101. The van der Waals surface area contributed by atoms with Gasteiger partial charge in [-0.05, 0) is 61.7 Å². The third kappa shape index (κ3) is 5.35. The molecule has 1 atom stereocenters. The number of benzene rings is 2. The van der Waals surface area contributed by atoms with Gasteiger partial charge < -0.3 is 14.2 Å². The fraction of sp³-hybridized carbons (Fsp3) is 0.500. The summed E-state index contributed by atoms with van der Waals surface area (Å²) in [4.78, 5) is 2.52. The number of halogens is 1. The molecule has 0 bridgehead atoms. The van der Waals surface area contributed by atoms with Gasteiger partial charge in [-0.2, -0.15) is 0 Å². The van der Waals surface area contributed by atoms with Crippen molar-refractivity contribution >= 4 is 0 Å². The van der Waals surface area contributed by atoms with Crippen LogP contribution in [0.3, 0.4) is 0 Å². The van der Waals surface area contributed by atoms with Crippen LogP contribution in [0.15, 0.2) is 42.5 Å². The fourth-order valence-corrected chi connectivity index (χ4v) is 4.08. The maximum absolute atomic E-state index is 14.2. The Bertz CT molecular complexity index is 781. The van der Waals surface area contributed by atoms with Crippen molar-refractivity contribution in [2.24, 2.45) is 5.92 Å². The van der Waals surface area contributed by atoms with Crippen molar-refractivity contribution in [1.82, 2.24) is 4.90 Å². The van der Waals surface area contributed by atoms with Crippen LogP contribution >= 0.6 is 0 Å². The zero-order chi connectivity index (χ0) is 20.1. The van der Waals surface area contributed by atoms with Crippen molar-refractivity contribution in [2.45, 2.75) is 25.8 Å². The highest BCUT2D eigenvalue weighted by Crippen LogP contribution is 2.29. The topological polar surface area (TPSA) is 30.9 Å². The highest BCUT2D eigenvalue weighted by atomic mass is 19.1. The van der Waals surface area contributed by atoms with Crippen molar-refractivity contribution in [3.63, 3.8) is 0 Å². The minimum atomic E-state index is -0.291. The van der Waals surface area contributed by atoms with Gasteiger partial charge in [-0.1, -0.05) is 24.3 Å². The van der Waals surface area contributed by atoms with E-state index < -0.39 is 0 Å². The van der Waals surface area contributed by atoms with Gasteiger partial charge in [-0.3, -0.25) is 4.90 Å². The molecule has 0 N–H and O–H groups in total. The van der Waals surface area contributed by atoms with Gasteiger partial charge in [-0.25, -0.2) is 4.39 Å². The molecule has 0 amide bonds. The Morgan fingerprint density at radius 3 is 2.38 bits per heavy atom. The zero-order valence-electron chi connectivity index (χ0n) is 17.1. The molecule has 4 rings (SSSR count). The zero-order valence-corrected chi connectivity index (χ0v) is 17.1. The van der Waals surface area contributed by atoms with Gasteiger partial charge in [0.05, 0.1) is 33.0 Å². The van der Waals surface area contributed by atoms with Gasteiger partial charge >= 0.3 is 0 Å². The van der Waals surface area contributed by atoms with Crippen molar-refractivity contribution in [3.05, 3.63) is 53.8 Å². The minimum Gasteiger partial charge on any atom is -0.493 e. The average molecular weight is 400 g/mol. The van der Waals surface area contributed by atoms with E-state index in [1.54, 1.807) is 6.07 Å². The minimum absolute atomic E-state index is 0.163. The van der Waals surface area contributed by atoms with Crippen molar-refractivity contribution in [3.8, 4) is 16.9 Å². The molecule has 2 aliphatic rings. The second-order valence-electron chi connectivity index (χ2n) is 8.04. The van der Waals surface area contributed by atoms with Crippen LogP contribution < -0.4 is 4.74 Å². The molecule has 0 aromatic heterocycles. The SMILES string of the molecule is CC(c1ccc(-c2cc(F)cc(OCC3COCCOC3)c2)cc1)N1CCCC1. The molecule has 2 aromatic carbocycles. The number of rotatable bonds is 6. The third-order valence-electron chi connectivity index (χ3n) is 5.85. The van der Waals surface area contributed by atoms with Crippen molar-refractivity contribution in [2.75, 3.05) is 46.1 Å². The number of nitrogens with zero attached hydrogens (tertiary/aromatic N) is 1. The molecular weight excluding hydrogens is 369 g/mol. The summed E-state index contributed by atoms with van der Waals surface area (Å²) in [5, 5.41) is 0. The average Bonchev–Trinajstić information content (AvgIpc) is 3.15. The number of ether oxygens (including phenoxy) is 3. The van der Waals surface area contributed by atoms with Crippen LogP contribution in [0.5, 0.6) is 5.75 Å². The van der Waals surface area contributed by atoms with Crippen molar-refractivity contribution < 1.29 is 18.6 Å². The number of hydrogen-bond donors (Lipinski definition) is 0. The van der Waals surface area contributed by atoms with Gasteiger partial charge in [0, 0.05) is 18.0 Å². The highest BCUT2D eigenvalue weighted by Gasteiger charge is 2.19. The molecule has 4 nitrogen and oxygen atoms in total. The van der Waals surface area contributed by atoms with E-state index in [0.717, 1.165) is 11.1 Å². The van der Waals surface area contributed by atoms with Crippen molar-refractivity contribution in [1.29, 1.82) is 0 Å². The Balaban J connectivity index is 1.43. The smallest absolute Gasteiger partial charge is 0.127 e. The number of likely N-dealkylation sites (tertiary alicyclic amines) is 1. The molecule has 2 aromatic rings. The second-order valence-corrected chi connectivity index (χ2v) is 8.04. The van der Waals surface area contributed by atoms with Crippen LogP contribution in [-0.4, -0.2) is 51.0 Å². The maximum atomic E-state index is 14.2. The monoisotopic (exact) mass is 399 g/mol. The van der Waals surface area contributed by atoms with Crippen LogP contribution in [0.25, 0.3) is 11.1 Å². The second kappa shape index (κ2) is 9.70. The van der Waals surface area contributed by atoms with Crippen LogP contribution in [0.1, 0.15) is 31.4 Å². The van der Waals surface area contributed by atoms with E-state index in [-0.39, 0.29) is 11.7 Å². The van der Waals surface area contributed by atoms with E-state index in [2.05, 4.69) is 36.1 Å². The standard InChI is InChI=1S/C24H30FNO3/c1-18(26-8-2-3-9-26)20-4-6-21(7-5-20)22-12-23(25)14-24(13-22)29-17-19-15-27-10-11-28-16-19/h4-7,12-14,18-19H,2-3,8-11,15-17H2,1H3. The highest BCUT2D eigenvalue weighted by molar-refractivity contribution is 5.65. The summed E-state index contributed by atoms with van der Waals surface area (Å²) in [7, 11) is 0. The number of hydrogen-bond acceptors (Lipinski definition) is 4. The summed E-state index contributed by atoms with van der Waals surface area (Å²) in [5.74, 6) is 0.412. The molecule has 156 valence electrons. The molecule has 29 heavy (non-hydrogen) atoms. The quantitative estimate of drug-likeness (QED) is 0.705. The van der Waals surface area contributed by atoms with Gasteiger partial charge in [0.15, 0.2) is 0 Å². The molecular formula is C24H30FNO3. The summed E-state index contributed by atoms with van der Waals surface area (Å²) in [6, 6.07) is 13.8. The normalized spacial score (nSPS) is 19.8. The molecule has 1 unspecified atom stereocenters. The molecule has 0 spiro atoms. The summed E-state index contributed by atoms with van der Waals surface area (Å²) >= 11 is 0. The summed E-state index contributed by atoms with van der Waals surface area (Å²) in [6.07, 6.45) is 2.57. The molecule has 2 heterocycles. The van der Waals surface area contributed by atoms with Crippen LogP contribution in [0.2, 0.25) is 0 Å². The van der Waals surface area contributed by atoms with E-state index >= 15 is 0 Å². The lowest BCUT2D eigenvalue weighted by Crippen LogP contribution is -2.23. The van der Waals surface area contributed by atoms with Crippen LogP contribution in [0.4, 0.5) is 4.39 Å². The predicted octanol–water partition coefficient (Wildman–Crippen LogP) is 4.69. The Morgan fingerprint density at radius 1 is 1.00 bits per heavy atom. The van der Waals surface area contributed by atoms with Gasteiger partial charge in [0.1, 0.15) is 11.6 Å². The summed E-state index contributed by atoms with van der Waals surface area (Å²) in [5.41, 5.74) is 3.12. The Labute approximate surface area is 172 Å². The van der Waals surface area contributed by atoms with Gasteiger partial charge in [-0.15, -0.1) is 0 Å². The lowest BCUT2D eigenvalue weighted by atomic mass is 10.0. The summed E-state index contributed by atoms with van der Waals surface area (Å²) in [6.45, 7) is 7.51. The molecule has 2 fully saturated rings.